The number of methoxy groups -OCH3 is 1. The summed E-state index contributed by atoms with van der Waals surface area (Å²) in [7, 11) is 1.74. The minimum Gasteiger partial charge on any atom is -0.497 e. The van der Waals surface area contributed by atoms with Crippen LogP contribution in [0.3, 0.4) is 0 Å². The van der Waals surface area contributed by atoms with Gasteiger partial charge in [0, 0.05) is 34.7 Å². The monoisotopic (exact) mass is 352 g/mol. The van der Waals surface area contributed by atoms with Crippen molar-refractivity contribution in [2.24, 2.45) is 0 Å². The number of hydrogen-bond donors (Lipinski definition) is 1. The van der Waals surface area contributed by atoms with Crippen LogP contribution in [0.25, 0.3) is 10.9 Å². The molecule has 25 heavy (non-hydrogen) atoms. The number of aromatic amines is 1. The molecule has 0 bridgehead atoms. The maximum absolute atomic E-state index is 6.27. The van der Waals surface area contributed by atoms with Crippen LogP contribution in [0.5, 0.6) is 5.75 Å². The van der Waals surface area contributed by atoms with Gasteiger partial charge < -0.3 is 9.72 Å². The number of benzene rings is 2. The largest absolute Gasteiger partial charge is 0.497 e. The van der Waals surface area contributed by atoms with Crippen LogP contribution in [0.15, 0.2) is 36.4 Å². The smallest absolute Gasteiger partial charge is 0.119 e. The molecule has 1 unspecified atom stereocenters. The molecule has 0 fully saturated rings. The van der Waals surface area contributed by atoms with Gasteiger partial charge >= 0.3 is 0 Å². The normalized spacial score (nSPS) is 22.4. The maximum atomic E-state index is 6.27. The highest BCUT2D eigenvalue weighted by atomic mass is 35.5. The second-order valence-electron chi connectivity index (χ2n) is 7.25. The number of aromatic nitrogens is 1. The SMILES string of the molecule is COc1ccc2c(c1)C1(C)c3[nH]c4ccc(Cl)cc4c3CCN1CC2. The Morgan fingerprint density at radius 2 is 1.96 bits per heavy atom. The van der Waals surface area contributed by atoms with Crippen LogP contribution in [-0.4, -0.2) is 30.1 Å². The lowest BCUT2D eigenvalue weighted by atomic mass is 9.75. The predicted molar refractivity (Wildman–Crippen MR) is 102 cm³/mol. The molecule has 3 aromatic rings. The Kier molecular flexibility index (Phi) is 3.22. The summed E-state index contributed by atoms with van der Waals surface area (Å²) >= 11 is 6.27. The average molecular weight is 353 g/mol. The molecule has 1 aromatic heterocycles. The summed E-state index contributed by atoms with van der Waals surface area (Å²) in [6, 6.07) is 12.7. The quantitative estimate of drug-likeness (QED) is 0.698. The van der Waals surface area contributed by atoms with Crippen LogP contribution in [0.1, 0.15) is 29.3 Å². The van der Waals surface area contributed by atoms with E-state index in [-0.39, 0.29) is 5.54 Å². The van der Waals surface area contributed by atoms with Gasteiger partial charge in [-0.2, -0.15) is 0 Å². The third kappa shape index (κ3) is 2.03. The highest BCUT2D eigenvalue weighted by Crippen LogP contribution is 2.47. The summed E-state index contributed by atoms with van der Waals surface area (Å²) in [4.78, 5) is 6.33. The minimum absolute atomic E-state index is 0.152. The molecule has 1 atom stereocenters. The lowest BCUT2D eigenvalue weighted by Crippen LogP contribution is -2.53. The Morgan fingerprint density at radius 1 is 1.12 bits per heavy atom. The van der Waals surface area contributed by atoms with Crippen molar-refractivity contribution in [3.8, 4) is 5.75 Å². The molecule has 128 valence electrons. The molecule has 1 N–H and O–H groups in total. The second kappa shape index (κ2) is 5.26. The summed E-state index contributed by atoms with van der Waals surface area (Å²) in [5.41, 5.74) is 6.52. The fraction of sp³-hybridized carbons (Fsp3) is 0.333. The predicted octanol–water partition coefficient (Wildman–Crippen LogP) is 4.51. The van der Waals surface area contributed by atoms with Crippen LogP contribution in [0, 0.1) is 0 Å². The van der Waals surface area contributed by atoms with Gasteiger partial charge in [0.2, 0.25) is 0 Å². The van der Waals surface area contributed by atoms with E-state index in [1.807, 2.05) is 6.07 Å². The summed E-state index contributed by atoms with van der Waals surface area (Å²) in [5.74, 6) is 0.924. The lowest BCUT2D eigenvalue weighted by Gasteiger charge is -2.49. The van der Waals surface area contributed by atoms with Crippen molar-refractivity contribution in [2.75, 3.05) is 20.2 Å². The van der Waals surface area contributed by atoms with Crippen molar-refractivity contribution in [3.05, 3.63) is 63.8 Å². The van der Waals surface area contributed by atoms with Crippen molar-refractivity contribution < 1.29 is 4.74 Å². The molecule has 5 rings (SSSR count). The first-order valence-electron chi connectivity index (χ1n) is 8.84. The first-order valence-corrected chi connectivity index (χ1v) is 9.22. The molecule has 0 saturated heterocycles. The number of fused-ring (bicyclic) bond motifs is 7. The standard InChI is InChI=1S/C21H21ClN2O/c1-21-18-12-15(25-2)5-3-13(18)7-9-24(21)10-8-16-17-11-14(22)4-6-19(17)23-20(16)21/h3-6,11-12,23H,7-10H2,1-2H3. The Balaban J connectivity index is 1.80. The van der Waals surface area contributed by atoms with E-state index in [1.54, 1.807) is 7.11 Å². The van der Waals surface area contributed by atoms with Crippen LogP contribution >= 0.6 is 11.6 Å². The first-order chi connectivity index (χ1) is 12.1. The van der Waals surface area contributed by atoms with Gasteiger partial charge in [0.25, 0.3) is 0 Å². The summed E-state index contributed by atoms with van der Waals surface area (Å²) in [6.07, 6.45) is 2.15. The molecule has 2 aliphatic heterocycles. The Morgan fingerprint density at radius 3 is 2.80 bits per heavy atom. The molecule has 3 nitrogen and oxygen atoms in total. The Bertz CT molecular complexity index is 993. The van der Waals surface area contributed by atoms with Crippen LogP contribution in [-0.2, 0) is 18.4 Å². The van der Waals surface area contributed by atoms with E-state index in [2.05, 4.69) is 47.1 Å². The van der Waals surface area contributed by atoms with Crippen molar-refractivity contribution in [2.45, 2.75) is 25.3 Å². The lowest BCUT2D eigenvalue weighted by molar-refractivity contribution is 0.111. The summed E-state index contributed by atoms with van der Waals surface area (Å²) < 4.78 is 5.52. The van der Waals surface area contributed by atoms with Crippen LogP contribution in [0.2, 0.25) is 5.02 Å². The minimum atomic E-state index is -0.152. The molecule has 4 heteroatoms. The molecule has 0 saturated carbocycles. The fourth-order valence-corrected chi connectivity index (χ4v) is 4.95. The number of nitrogens with zero attached hydrogens (tertiary/aromatic N) is 1. The maximum Gasteiger partial charge on any atom is 0.119 e. The molecule has 0 spiro atoms. The number of hydrogen-bond acceptors (Lipinski definition) is 2. The Labute approximate surface area is 152 Å². The number of H-pyrrole nitrogens is 1. The van der Waals surface area contributed by atoms with E-state index in [9.17, 15) is 0 Å². The molecular weight excluding hydrogens is 332 g/mol. The van der Waals surface area contributed by atoms with E-state index < -0.39 is 0 Å². The van der Waals surface area contributed by atoms with Gasteiger partial charge in [0.15, 0.2) is 0 Å². The molecule has 2 aliphatic rings. The van der Waals surface area contributed by atoms with Gasteiger partial charge in [-0.1, -0.05) is 17.7 Å². The second-order valence-corrected chi connectivity index (χ2v) is 7.69. The number of ether oxygens (including phenoxy) is 1. The fourth-order valence-electron chi connectivity index (χ4n) is 4.77. The number of halogens is 1. The average Bonchev–Trinajstić information content (AvgIpc) is 3.00. The number of rotatable bonds is 1. The summed E-state index contributed by atoms with van der Waals surface area (Å²) in [5, 5.41) is 2.06. The molecule has 2 aromatic carbocycles. The third-order valence-corrected chi connectivity index (χ3v) is 6.35. The van der Waals surface area contributed by atoms with Crippen molar-refractivity contribution in [3.63, 3.8) is 0 Å². The van der Waals surface area contributed by atoms with Gasteiger partial charge in [-0.15, -0.1) is 0 Å². The van der Waals surface area contributed by atoms with Gasteiger partial charge in [-0.05, 0) is 66.8 Å². The van der Waals surface area contributed by atoms with Crippen molar-refractivity contribution in [1.82, 2.24) is 9.88 Å². The summed E-state index contributed by atoms with van der Waals surface area (Å²) in [6.45, 7) is 4.50. The van der Waals surface area contributed by atoms with Crippen LogP contribution < -0.4 is 4.74 Å². The zero-order chi connectivity index (χ0) is 17.2. The molecule has 0 amide bonds. The highest BCUT2D eigenvalue weighted by molar-refractivity contribution is 6.31. The third-order valence-electron chi connectivity index (χ3n) is 6.11. The van der Waals surface area contributed by atoms with Crippen molar-refractivity contribution >= 4 is 22.5 Å². The van der Waals surface area contributed by atoms with Gasteiger partial charge in [-0.3, -0.25) is 4.90 Å². The van der Waals surface area contributed by atoms with Crippen LogP contribution in [0.4, 0.5) is 0 Å². The molecule has 0 aliphatic carbocycles. The highest BCUT2D eigenvalue weighted by Gasteiger charge is 2.45. The van der Waals surface area contributed by atoms with E-state index in [1.165, 1.54) is 33.3 Å². The van der Waals surface area contributed by atoms with E-state index in [0.717, 1.165) is 36.7 Å². The van der Waals surface area contributed by atoms with Gasteiger partial charge in [0.1, 0.15) is 5.75 Å². The zero-order valence-corrected chi connectivity index (χ0v) is 15.3. The number of nitrogens with one attached hydrogen (secondary N) is 1. The van der Waals surface area contributed by atoms with E-state index >= 15 is 0 Å². The molecule has 0 radical (unpaired) electrons. The topological polar surface area (TPSA) is 28.3 Å². The van der Waals surface area contributed by atoms with Crippen molar-refractivity contribution in [1.29, 1.82) is 0 Å². The zero-order valence-electron chi connectivity index (χ0n) is 14.5. The Hall–Kier alpha value is -1.97. The molecule has 3 heterocycles. The van der Waals surface area contributed by atoms with Gasteiger partial charge in [-0.25, -0.2) is 0 Å². The molecular formula is C21H21ClN2O. The van der Waals surface area contributed by atoms with Gasteiger partial charge in [0.05, 0.1) is 12.6 Å². The first kappa shape index (κ1) is 15.3. The van der Waals surface area contributed by atoms with E-state index in [0.29, 0.717) is 0 Å². The van der Waals surface area contributed by atoms with E-state index in [4.69, 9.17) is 16.3 Å².